The van der Waals surface area contributed by atoms with Crippen molar-refractivity contribution in [1.29, 1.82) is 0 Å². The van der Waals surface area contributed by atoms with Gasteiger partial charge in [0.2, 0.25) is 5.91 Å². The highest BCUT2D eigenvalue weighted by atomic mass is 79.9. The number of hydrogen-bond donors (Lipinski definition) is 1. The van der Waals surface area contributed by atoms with E-state index >= 15 is 0 Å². The predicted octanol–water partition coefficient (Wildman–Crippen LogP) is 2.31. The van der Waals surface area contributed by atoms with Crippen LogP contribution < -0.4 is 10.9 Å². The molecule has 0 saturated heterocycles. The Bertz CT molecular complexity index is 512. The van der Waals surface area contributed by atoms with Gasteiger partial charge >= 0.3 is 0 Å². The molecule has 1 aromatic rings. The van der Waals surface area contributed by atoms with Crippen LogP contribution in [0.15, 0.2) is 27.6 Å². The monoisotopic (exact) mass is 326 g/mol. The molecule has 1 fully saturated rings. The van der Waals surface area contributed by atoms with E-state index in [0.717, 1.165) is 17.3 Å². The normalized spacial score (nSPS) is 23.1. The van der Waals surface area contributed by atoms with Crippen molar-refractivity contribution in [1.82, 2.24) is 9.88 Å². The predicted molar refractivity (Wildman–Crippen MR) is 78.0 cm³/mol. The highest BCUT2D eigenvalue weighted by Gasteiger charge is 2.20. The van der Waals surface area contributed by atoms with Gasteiger partial charge in [-0.2, -0.15) is 0 Å². The summed E-state index contributed by atoms with van der Waals surface area (Å²) in [5, 5.41) is 3.03. The lowest BCUT2D eigenvalue weighted by Crippen LogP contribution is -2.40. The van der Waals surface area contributed by atoms with Gasteiger partial charge in [0.1, 0.15) is 6.54 Å². The smallest absolute Gasteiger partial charge is 0.251 e. The lowest BCUT2D eigenvalue weighted by Gasteiger charge is -2.27. The van der Waals surface area contributed by atoms with Crippen molar-refractivity contribution >= 4 is 21.8 Å². The molecule has 2 atom stereocenters. The van der Waals surface area contributed by atoms with Crippen LogP contribution in [0.2, 0.25) is 0 Å². The van der Waals surface area contributed by atoms with E-state index in [1.807, 2.05) is 0 Å². The van der Waals surface area contributed by atoms with Gasteiger partial charge in [0.25, 0.3) is 5.56 Å². The third-order valence-corrected chi connectivity index (χ3v) is 4.03. The molecule has 1 heterocycles. The standard InChI is InChI=1S/C14H19BrN2O2/c1-10-3-2-4-12(7-10)16-13(18)9-17-8-11(15)5-6-14(17)19/h5-6,8,10,12H,2-4,7,9H2,1H3,(H,16,18)/t10-,12+/m1/s1. The number of hydrogen-bond acceptors (Lipinski definition) is 2. The third-order valence-electron chi connectivity index (χ3n) is 3.56. The van der Waals surface area contributed by atoms with E-state index in [1.54, 1.807) is 12.3 Å². The van der Waals surface area contributed by atoms with Crippen LogP contribution in [0, 0.1) is 5.92 Å². The van der Waals surface area contributed by atoms with E-state index in [2.05, 4.69) is 28.2 Å². The van der Waals surface area contributed by atoms with Gasteiger partial charge in [0.15, 0.2) is 0 Å². The molecular weight excluding hydrogens is 308 g/mol. The molecule has 0 radical (unpaired) electrons. The Morgan fingerprint density at radius 1 is 1.47 bits per heavy atom. The van der Waals surface area contributed by atoms with Crippen LogP contribution in [0.4, 0.5) is 0 Å². The number of halogens is 1. The van der Waals surface area contributed by atoms with Crippen LogP contribution in [0.25, 0.3) is 0 Å². The summed E-state index contributed by atoms with van der Waals surface area (Å²) < 4.78 is 2.22. The zero-order valence-corrected chi connectivity index (χ0v) is 12.6. The van der Waals surface area contributed by atoms with Crippen molar-refractivity contribution in [3.8, 4) is 0 Å². The van der Waals surface area contributed by atoms with E-state index in [1.165, 1.54) is 23.5 Å². The third kappa shape index (κ3) is 4.20. The molecule has 104 valence electrons. The summed E-state index contributed by atoms with van der Waals surface area (Å²) in [5.74, 6) is 0.590. The maximum Gasteiger partial charge on any atom is 0.251 e. The van der Waals surface area contributed by atoms with Gasteiger partial charge in [-0.15, -0.1) is 0 Å². The molecule has 1 aliphatic rings. The van der Waals surface area contributed by atoms with Crippen molar-refractivity contribution in [2.24, 2.45) is 5.92 Å². The summed E-state index contributed by atoms with van der Waals surface area (Å²) in [5.41, 5.74) is -0.157. The fraction of sp³-hybridized carbons (Fsp3) is 0.571. The molecule has 4 nitrogen and oxygen atoms in total. The van der Waals surface area contributed by atoms with Gasteiger partial charge in [0, 0.05) is 22.8 Å². The van der Waals surface area contributed by atoms with Crippen molar-refractivity contribution in [3.05, 3.63) is 33.2 Å². The van der Waals surface area contributed by atoms with E-state index in [0.29, 0.717) is 5.92 Å². The lowest BCUT2D eigenvalue weighted by molar-refractivity contribution is -0.122. The second-order valence-corrected chi connectivity index (χ2v) is 6.27. The van der Waals surface area contributed by atoms with Crippen LogP contribution in [-0.2, 0) is 11.3 Å². The average Bonchev–Trinajstić information content (AvgIpc) is 2.34. The number of rotatable bonds is 3. The van der Waals surface area contributed by atoms with Crippen LogP contribution in [-0.4, -0.2) is 16.5 Å². The quantitative estimate of drug-likeness (QED) is 0.926. The summed E-state index contributed by atoms with van der Waals surface area (Å²) >= 11 is 3.30. The Labute approximate surface area is 121 Å². The number of carbonyl (C=O) groups excluding carboxylic acids is 1. The van der Waals surface area contributed by atoms with Gasteiger partial charge < -0.3 is 9.88 Å². The van der Waals surface area contributed by atoms with Crippen molar-refractivity contribution in [3.63, 3.8) is 0 Å². The van der Waals surface area contributed by atoms with Gasteiger partial charge in [0.05, 0.1) is 0 Å². The van der Waals surface area contributed by atoms with Gasteiger partial charge in [-0.3, -0.25) is 9.59 Å². The number of pyridine rings is 1. The van der Waals surface area contributed by atoms with Crippen LogP contribution in [0.3, 0.4) is 0 Å². The molecule has 0 spiro atoms. The zero-order chi connectivity index (χ0) is 13.8. The van der Waals surface area contributed by atoms with Crippen molar-refractivity contribution < 1.29 is 4.79 Å². The first kappa shape index (κ1) is 14.3. The Morgan fingerprint density at radius 3 is 3.00 bits per heavy atom. The van der Waals surface area contributed by atoms with E-state index in [9.17, 15) is 9.59 Å². The molecule has 5 heteroatoms. The Balaban J connectivity index is 1.94. The molecule has 1 N–H and O–H groups in total. The molecule has 1 aromatic heterocycles. The number of nitrogens with zero attached hydrogens (tertiary/aromatic N) is 1. The molecule has 0 aliphatic heterocycles. The van der Waals surface area contributed by atoms with E-state index in [4.69, 9.17) is 0 Å². The van der Waals surface area contributed by atoms with Crippen LogP contribution in [0.5, 0.6) is 0 Å². The topological polar surface area (TPSA) is 51.1 Å². The Hall–Kier alpha value is -1.10. The molecule has 1 saturated carbocycles. The second kappa shape index (κ2) is 6.37. The molecule has 0 bridgehead atoms. The molecule has 19 heavy (non-hydrogen) atoms. The Morgan fingerprint density at radius 2 is 2.26 bits per heavy atom. The molecule has 0 unspecified atom stereocenters. The zero-order valence-electron chi connectivity index (χ0n) is 11.1. The van der Waals surface area contributed by atoms with Gasteiger partial charge in [-0.05, 0) is 40.8 Å². The first-order valence-electron chi connectivity index (χ1n) is 6.70. The summed E-state index contributed by atoms with van der Waals surface area (Å²) in [7, 11) is 0. The Kier molecular flexibility index (Phi) is 4.80. The minimum Gasteiger partial charge on any atom is -0.352 e. The summed E-state index contributed by atoms with van der Waals surface area (Å²) in [6.07, 6.45) is 6.15. The number of carbonyl (C=O) groups is 1. The summed E-state index contributed by atoms with van der Waals surface area (Å²) in [6.45, 7) is 2.31. The van der Waals surface area contributed by atoms with Crippen molar-refractivity contribution in [2.45, 2.75) is 45.2 Å². The molecule has 0 aromatic carbocycles. The maximum absolute atomic E-state index is 12.0. The number of nitrogens with one attached hydrogen (secondary N) is 1. The first-order chi connectivity index (χ1) is 9.04. The summed E-state index contributed by atoms with van der Waals surface area (Å²) in [6, 6.07) is 3.40. The summed E-state index contributed by atoms with van der Waals surface area (Å²) in [4.78, 5) is 23.6. The number of aromatic nitrogens is 1. The molecule has 1 aliphatic carbocycles. The second-order valence-electron chi connectivity index (χ2n) is 5.35. The van der Waals surface area contributed by atoms with Crippen molar-refractivity contribution in [2.75, 3.05) is 0 Å². The van der Waals surface area contributed by atoms with E-state index in [-0.39, 0.29) is 24.1 Å². The molecule has 2 rings (SSSR count). The largest absolute Gasteiger partial charge is 0.352 e. The highest BCUT2D eigenvalue weighted by molar-refractivity contribution is 9.10. The lowest BCUT2D eigenvalue weighted by atomic mass is 9.87. The van der Waals surface area contributed by atoms with E-state index < -0.39 is 0 Å². The molecule has 1 amide bonds. The van der Waals surface area contributed by atoms with Crippen LogP contribution in [0.1, 0.15) is 32.6 Å². The fourth-order valence-corrected chi connectivity index (χ4v) is 3.00. The highest BCUT2D eigenvalue weighted by Crippen LogP contribution is 2.23. The minimum absolute atomic E-state index is 0.0840. The fourth-order valence-electron chi connectivity index (χ4n) is 2.62. The van der Waals surface area contributed by atoms with Crippen LogP contribution >= 0.6 is 15.9 Å². The average molecular weight is 327 g/mol. The molecular formula is C14H19BrN2O2. The number of amides is 1. The minimum atomic E-state index is -0.157. The van der Waals surface area contributed by atoms with Gasteiger partial charge in [-0.1, -0.05) is 19.8 Å². The van der Waals surface area contributed by atoms with Gasteiger partial charge in [-0.25, -0.2) is 0 Å². The SMILES string of the molecule is C[C@@H]1CCC[C@H](NC(=O)Cn2cc(Br)ccc2=O)C1. The first-order valence-corrected chi connectivity index (χ1v) is 7.49. The maximum atomic E-state index is 12.0.